The molecule has 11 rings (SSSR count). The van der Waals surface area contributed by atoms with Crippen molar-refractivity contribution < 1.29 is 22.1 Å². The first-order valence-electron chi connectivity index (χ1n) is 16.3. The van der Waals surface area contributed by atoms with Crippen LogP contribution in [0.5, 0.6) is 0 Å². The number of fused-ring (bicyclic) bond motifs is 9. The maximum atomic E-state index is 6.40. The van der Waals surface area contributed by atoms with Gasteiger partial charge in [0, 0.05) is 51.9 Å². The molecule has 0 spiro atoms. The minimum absolute atomic E-state index is 0.281. The molecule has 0 bridgehead atoms. The van der Waals surface area contributed by atoms with Crippen LogP contribution in [0.3, 0.4) is 0 Å². The quantitative estimate of drug-likeness (QED) is 0.170. The van der Waals surface area contributed by atoms with E-state index in [-0.39, 0.29) is 5.95 Å². The third-order valence-electron chi connectivity index (χ3n) is 9.22. The Morgan fingerprint density at radius 2 is 0.922 bits per heavy atom. The van der Waals surface area contributed by atoms with Gasteiger partial charge in [-0.25, -0.2) is 4.90 Å². The Kier molecular flexibility index (Phi) is 5.73. The Hall–Kier alpha value is -7.33. The van der Waals surface area contributed by atoms with E-state index in [2.05, 4.69) is 28.4 Å². The number of aromatic nitrogens is 3. The molecule has 0 aliphatic heterocycles. The van der Waals surface area contributed by atoms with Crippen molar-refractivity contribution in [3.05, 3.63) is 140 Å². The van der Waals surface area contributed by atoms with Gasteiger partial charge in [0.15, 0.2) is 5.52 Å². The minimum Gasteiger partial charge on any atom is -0.456 e. The van der Waals surface area contributed by atoms with Crippen molar-refractivity contribution in [3.8, 4) is 0 Å². The van der Waals surface area contributed by atoms with E-state index in [1.807, 2.05) is 114 Å². The Bertz CT molecular complexity index is 2860. The molecule has 0 radical (unpaired) electrons. The lowest BCUT2D eigenvalue weighted by atomic mass is 10.1. The molecule has 0 aliphatic rings. The van der Waals surface area contributed by atoms with Gasteiger partial charge in [0.1, 0.15) is 27.9 Å². The molecule has 6 heterocycles. The fourth-order valence-corrected chi connectivity index (χ4v) is 6.92. The summed E-state index contributed by atoms with van der Waals surface area (Å²) in [5, 5.41) is 14.1. The number of rotatable bonds is 6. The second kappa shape index (κ2) is 10.6. The molecule has 10 nitrogen and oxygen atoms in total. The normalized spacial score (nSPS) is 11.9. The molecule has 0 fully saturated rings. The number of hydrogen-bond acceptors (Lipinski definition) is 10. The molecule has 0 saturated carbocycles. The first-order chi connectivity index (χ1) is 25.2. The highest BCUT2D eigenvalue weighted by Gasteiger charge is 2.24. The molecule has 6 aromatic heterocycles. The van der Waals surface area contributed by atoms with Crippen LogP contribution in [0.25, 0.3) is 66.1 Å². The molecular weight excluding hydrogens is 642 g/mol. The monoisotopic (exact) mass is 665 g/mol. The zero-order chi connectivity index (χ0) is 33.5. The van der Waals surface area contributed by atoms with Crippen molar-refractivity contribution in [2.45, 2.75) is 0 Å². The van der Waals surface area contributed by atoms with Gasteiger partial charge < -0.3 is 22.1 Å². The lowest BCUT2D eigenvalue weighted by Gasteiger charge is -2.22. The SMILES string of the molecule is c1coc(N(c2ccc3c(c2)oc2ccccc23)c2ccc3c(c2)oc2nc(N(c4ccc5c(c4)oc4ccccc45)c4ccco4)nnc23)c1. The van der Waals surface area contributed by atoms with Gasteiger partial charge >= 0.3 is 0 Å². The predicted octanol–water partition coefficient (Wildman–Crippen LogP) is 11.7. The highest BCUT2D eigenvalue weighted by Crippen LogP contribution is 2.42. The molecule has 0 N–H and O–H groups in total. The van der Waals surface area contributed by atoms with Crippen molar-refractivity contribution in [2.24, 2.45) is 0 Å². The van der Waals surface area contributed by atoms with E-state index in [0.717, 1.165) is 66.3 Å². The molecule has 0 amide bonds. The summed E-state index contributed by atoms with van der Waals surface area (Å²) in [6, 6.07) is 41.4. The van der Waals surface area contributed by atoms with E-state index in [1.54, 1.807) is 17.4 Å². The van der Waals surface area contributed by atoms with Crippen LogP contribution in [0.2, 0.25) is 0 Å². The molecule has 0 atom stereocenters. The highest BCUT2D eigenvalue weighted by molar-refractivity contribution is 6.07. The second-order valence-electron chi connectivity index (χ2n) is 12.2. The summed E-state index contributed by atoms with van der Waals surface area (Å²) in [4.78, 5) is 8.65. The summed E-state index contributed by atoms with van der Waals surface area (Å²) >= 11 is 0. The first kappa shape index (κ1) is 27.6. The molecule has 5 aromatic carbocycles. The van der Waals surface area contributed by atoms with Gasteiger partial charge in [0.2, 0.25) is 11.8 Å². The molecule has 0 unspecified atom stereocenters. The van der Waals surface area contributed by atoms with Crippen LogP contribution in [0.15, 0.2) is 162 Å². The summed E-state index contributed by atoms with van der Waals surface area (Å²) in [7, 11) is 0. The van der Waals surface area contributed by atoms with Crippen LogP contribution in [0.4, 0.5) is 34.8 Å². The lowest BCUT2D eigenvalue weighted by Crippen LogP contribution is -2.13. The standard InChI is InChI=1S/C41H23N5O5/c1-3-9-32-27(7-1)29-16-13-24(21-34(29)49-32)45(37-11-5-19-47-37)25-15-18-31-36(22-25)51-40-39(31)43-44-41(42-40)46(38-12-6-20-48-38)26-14-17-30-28-8-2-4-10-33(28)50-35(30)23-26/h1-23H. The zero-order valence-electron chi connectivity index (χ0n) is 26.6. The molecular formula is C41H23N5O5. The fraction of sp³-hybridized carbons (Fsp3) is 0. The van der Waals surface area contributed by atoms with Crippen molar-refractivity contribution in [2.75, 3.05) is 9.80 Å². The summed E-state index contributed by atoms with van der Waals surface area (Å²) < 4.78 is 30.6. The molecule has 242 valence electrons. The van der Waals surface area contributed by atoms with Crippen LogP contribution in [0, 0.1) is 0 Å². The Labute approximate surface area is 287 Å². The van der Waals surface area contributed by atoms with E-state index in [1.165, 1.54) is 0 Å². The third-order valence-corrected chi connectivity index (χ3v) is 9.22. The van der Waals surface area contributed by atoms with E-state index in [9.17, 15) is 0 Å². The Morgan fingerprint density at radius 1 is 0.412 bits per heavy atom. The van der Waals surface area contributed by atoms with E-state index in [4.69, 9.17) is 27.1 Å². The Balaban J connectivity index is 1.02. The van der Waals surface area contributed by atoms with Gasteiger partial charge in [-0.05, 0) is 60.7 Å². The highest BCUT2D eigenvalue weighted by atomic mass is 16.4. The average molecular weight is 666 g/mol. The van der Waals surface area contributed by atoms with Crippen LogP contribution in [-0.2, 0) is 0 Å². The van der Waals surface area contributed by atoms with Crippen molar-refractivity contribution in [1.29, 1.82) is 0 Å². The van der Waals surface area contributed by atoms with Gasteiger partial charge in [-0.15, -0.1) is 10.2 Å². The summed E-state index contributed by atoms with van der Waals surface area (Å²) in [6.45, 7) is 0. The summed E-state index contributed by atoms with van der Waals surface area (Å²) in [6.07, 6.45) is 3.26. The minimum atomic E-state index is 0.281. The van der Waals surface area contributed by atoms with Crippen molar-refractivity contribution >= 4 is 101 Å². The number of furan rings is 5. The maximum Gasteiger partial charge on any atom is 0.260 e. The second-order valence-corrected chi connectivity index (χ2v) is 12.2. The summed E-state index contributed by atoms with van der Waals surface area (Å²) in [5.74, 6) is 1.43. The van der Waals surface area contributed by atoms with E-state index < -0.39 is 0 Å². The molecule has 0 saturated heterocycles. The van der Waals surface area contributed by atoms with Crippen LogP contribution in [-0.4, -0.2) is 15.2 Å². The van der Waals surface area contributed by atoms with Crippen LogP contribution >= 0.6 is 0 Å². The van der Waals surface area contributed by atoms with Gasteiger partial charge in [-0.2, -0.15) is 4.98 Å². The van der Waals surface area contributed by atoms with Crippen LogP contribution < -0.4 is 9.80 Å². The number of benzene rings is 5. The van der Waals surface area contributed by atoms with E-state index >= 15 is 0 Å². The van der Waals surface area contributed by atoms with Crippen molar-refractivity contribution in [1.82, 2.24) is 15.2 Å². The zero-order valence-corrected chi connectivity index (χ0v) is 26.6. The number of para-hydroxylation sites is 2. The number of anilines is 6. The molecule has 11 aromatic rings. The predicted molar refractivity (Wildman–Crippen MR) is 196 cm³/mol. The molecule has 51 heavy (non-hydrogen) atoms. The molecule has 0 aliphatic carbocycles. The van der Waals surface area contributed by atoms with Gasteiger partial charge in [-0.3, -0.25) is 4.90 Å². The van der Waals surface area contributed by atoms with Gasteiger partial charge in [-0.1, -0.05) is 36.4 Å². The van der Waals surface area contributed by atoms with Crippen LogP contribution in [0.1, 0.15) is 0 Å². The topological polar surface area (TPSA) is 111 Å². The lowest BCUT2D eigenvalue weighted by molar-refractivity contribution is 0.571. The smallest absolute Gasteiger partial charge is 0.260 e. The largest absolute Gasteiger partial charge is 0.456 e. The third kappa shape index (κ3) is 4.26. The average Bonchev–Trinajstić information content (AvgIpc) is 4.01. The molecule has 10 heteroatoms. The first-order valence-corrected chi connectivity index (χ1v) is 16.3. The number of hydrogen-bond donors (Lipinski definition) is 0. The summed E-state index contributed by atoms with van der Waals surface area (Å²) in [5.41, 5.74) is 7.06. The maximum absolute atomic E-state index is 6.40. The fourth-order valence-electron chi connectivity index (χ4n) is 6.92. The van der Waals surface area contributed by atoms with Crippen molar-refractivity contribution in [3.63, 3.8) is 0 Å². The van der Waals surface area contributed by atoms with Gasteiger partial charge in [0.05, 0.1) is 35.0 Å². The Morgan fingerprint density at radius 3 is 1.51 bits per heavy atom. The van der Waals surface area contributed by atoms with E-state index in [0.29, 0.717) is 28.6 Å². The van der Waals surface area contributed by atoms with Gasteiger partial charge in [0.25, 0.3) is 11.7 Å². The number of nitrogens with zero attached hydrogens (tertiary/aromatic N) is 5.